The van der Waals surface area contributed by atoms with Crippen LogP contribution in [-0.4, -0.2) is 19.4 Å². The van der Waals surface area contributed by atoms with E-state index in [1.807, 2.05) is 13.0 Å². The van der Waals surface area contributed by atoms with Crippen molar-refractivity contribution < 1.29 is 18.7 Å². The lowest BCUT2D eigenvalue weighted by molar-refractivity contribution is -0.136. The third-order valence-corrected chi connectivity index (χ3v) is 10.6. The van der Waals surface area contributed by atoms with Gasteiger partial charge in [0.25, 0.3) is 0 Å². The van der Waals surface area contributed by atoms with Gasteiger partial charge in [-0.05, 0) is 29.6 Å². The molecule has 4 nitrogen and oxygen atoms in total. The summed E-state index contributed by atoms with van der Waals surface area (Å²) < 4.78 is 12.1. The van der Waals surface area contributed by atoms with Crippen molar-refractivity contribution in [3.63, 3.8) is 0 Å². The van der Waals surface area contributed by atoms with Crippen molar-refractivity contribution in [2.24, 2.45) is 0 Å². The van der Waals surface area contributed by atoms with Gasteiger partial charge >= 0.3 is 5.97 Å². The van der Waals surface area contributed by atoms with Gasteiger partial charge in [0, 0.05) is 5.56 Å². The minimum atomic E-state index is -1.91. The maximum absolute atomic E-state index is 10.8. The van der Waals surface area contributed by atoms with Crippen molar-refractivity contribution >= 4 is 14.3 Å². The van der Waals surface area contributed by atoms with E-state index < -0.39 is 14.3 Å². The Kier molecular flexibility index (Phi) is 6.44. The van der Waals surface area contributed by atoms with E-state index in [0.717, 1.165) is 11.3 Å². The standard InChI is InChI=1S/C17H30O4Si/c1-11(2)22(12(3)4,13(5)6)20-10-15-8-16(9-17(18)19)21-14(15)7/h8,11-13H,9-10H2,1-7H3,(H,18,19). The number of aryl methyl sites for hydroxylation is 1. The summed E-state index contributed by atoms with van der Waals surface area (Å²) in [6.07, 6.45) is -0.0814. The van der Waals surface area contributed by atoms with Gasteiger partial charge in [0.1, 0.15) is 17.9 Å². The van der Waals surface area contributed by atoms with Crippen LogP contribution in [0, 0.1) is 6.92 Å². The Labute approximate surface area is 135 Å². The zero-order valence-electron chi connectivity index (χ0n) is 14.9. The number of carbonyl (C=O) groups is 1. The van der Waals surface area contributed by atoms with Crippen LogP contribution in [0.15, 0.2) is 10.5 Å². The molecule has 0 aromatic carbocycles. The molecule has 1 aromatic rings. The van der Waals surface area contributed by atoms with Crippen LogP contribution in [0.1, 0.15) is 58.6 Å². The molecular weight excluding hydrogens is 296 g/mol. The summed E-state index contributed by atoms with van der Waals surface area (Å²) in [4.78, 5) is 10.8. The predicted octanol–water partition coefficient (Wildman–Crippen LogP) is 4.91. The number of furan rings is 1. The zero-order valence-corrected chi connectivity index (χ0v) is 15.9. The first-order chi connectivity index (χ1) is 10.1. The third kappa shape index (κ3) is 4.01. The molecule has 0 radical (unpaired) electrons. The molecule has 0 atom stereocenters. The average molecular weight is 327 g/mol. The lowest BCUT2D eigenvalue weighted by Gasteiger charge is -2.42. The molecule has 22 heavy (non-hydrogen) atoms. The Morgan fingerprint density at radius 3 is 2.09 bits per heavy atom. The quantitative estimate of drug-likeness (QED) is 0.690. The highest BCUT2D eigenvalue weighted by Crippen LogP contribution is 2.42. The number of carboxylic acid groups (broad SMARTS) is 1. The van der Waals surface area contributed by atoms with Crippen LogP contribution < -0.4 is 0 Å². The van der Waals surface area contributed by atoms with E-state index >= 15 is 0 Å². The van der Waals surface area contributed by atoms with E-state index in [2.05, 4.69) is 41.5 Å². The van der Waals surface area contributed by atoms with Gasteiger partial charge in [-0.1, -0.05) is 41.5 Å². The molecule has 1 heterocycles. The van der Waals surface area contributed by atoms with Gasteiger partial charge < -0.3 is 13.9 Å². The van der Waals surface area contributed by atoms with Gasteiger partial charge in [-0.25, -0.2) is 0 Å². The SMILES string of the molecule is Cc1oc(CC(=O)O)cc1CO[Si](C(C)C)(C(C)C)C(C)C. The first-order valence-electron chi connectivity index (χ1n) is 8.05. The largest absolute Gasteiger partial charge is 0.481 e. The van der Waals surface area contributed by atoms with Gasteiger partial charge in [0.05, 0.1) is 6.61 Å². The number of hydrogen-bond acceptors (Lipinski definition) is 3. The second-order valence-electron chi connectivity index (χ2n) is 6.97. The predicted molar refractivity (Wildman–Crippen MR) is 90.6 cm³/mol. The first-order valence-corrected chi connectivity index (χ1v) is 10.2. The minimum Gasteiger partial charge on any atom is -0.481 e. The van der Waals surface area contributed by atoms with Crippen molar-refractivity contribution in [3.8, 4) is 0 Å². The Balaban J connectivity index is 2.94. The zero-order chi connectivity index (χ0) is 17.1. The first kappa shape index (κ1) is 19.0. The molecule has 0 aliphatic carbocycles. The van der Waals surface area contributed by atoms with Crippen molar-refractivity contribution in [2.75, 3.05) is 0 Å². The molecule has 0 fully saturated rings. The number of aliphatic carboxylic acids is 1. The fourth-order valence-electron chi connectivity index (χ4n) is 3.67. The van der Waals surface area contributed by atoms with Crippen LogP contribution in [0.2, 0.25) is 16.6 Å². The van der Waals surface area contributed by atoms with Crippen molar-refractivity contribution in [3.05, 3.63) is 23.2 Å². The molecule has 0 saturated carbocycles. The van der Waals surface area contributed by atoms with E-state index in [4.69, 9.17) is 13.9 Å². The summed E-state index contributed by atoms with van der Waals surface area (Å²) in [6, 6.07) is 1.82. The highest BCUT2D eigenvalue weighted by atomic mass is 28.4. The molecule has 0 amide bonds. The van der Waals surface area contributed by atoms with Gasteiger partial charge in [-0.3, -0.25) is 4.79 Å². The molecule has 5 heteroatoms. The molecular formula is C17H30O4Si. The summed E-state index contributed by atoms with van der Waals surface area (Å²) in [7, 11) is -1.91. The molecule has 0 saturated heterocycles. The van der Waals surface area contributed by atoms with Gasteiger partial charge in [-0.2, -0.15) is 0 Å². The van der Waals surface area contributed by atoms with Crippen LogP contribution in [0.5, 0.6) is 0 Å². The summed E-state index contributed by atoms with van der Waals surface area (Å²) >= 11 is 0. The second-order valence-corrected chi connectivity index (χ2v) is 12.4. The molecule has 0 aliphatic rings. The van der Waals surface area contributed by atoms with Crippen LogP contribution in [0.25, 0.3) is 0 Å². The average Bonchev–Trinajstić information content (AvgIpc) is 2.68. The number of carboxylic acids is 1. The van der Waals surface area contributed by atoms with E-state index in [1.54, 1.807) is 0 Å². The maximum Gasteiger partial charge on any atom is 0.311 e. The highest BCUT2D eigenvalue weighted by Gasteiger charge is 2.45. The molecule has 0 unspecified atom stereocenters. The number of hydrogen-bond donors (Lipinski definition) is 1. The monoisotopic (exact) mass is 326 g/mol. The Hall–Kier alpha value is -1.07. The van der Waals surface area contributed by atoms with Crippen molar-refractivity contribution in [1.82, 2.24) is 0 Å². The molecule has 0 bridgehead atoms. The van der Waals surface area contributed by atoms with E-state index in [9.17, 15) is 4.79 Å². The van der Waals surface area contributed by atoms with Crippen molar-refractivity contribution in [1.29, 1.82) is 0 Å². The molecule has 1 aromatic heterocycles. The maximum atomic E-state index is 10.8. The Morgan fingerprint density at radius 2 is 1.68 bits per heavy atom. The fourth-order valence-corrected chi connectivity index (χ4v) is 9.08. The van der Waals surface area contributed by atoms with Crippen LogP contribution in [-0.2, 0) is 22.2 Å². The van der Waals surface area contributed by atoms with Crippen molar-refractivity contribution in [2.45, 2.75) is 78.1 Å². The Morgan fingerprint density at radius 1 is 1.18 bits per heavy atom. The summed E-state index contributed by atoms with van der Waals surface area (Å²) in [6.45, 7) is 15.9. The fraction of sp³-hybridized carbons (Fsp3) is 0.706. The van der Waals surface area contributed by atoms with Gasteiger partial charge in [0.2, 0.25) is 8.32 Å². The van der Waals surface area contributed by atoms with Crippen LogP contribution in [0.3, 0.4) is 0 Å². The lowest BCUT2D eigenvalue weighted by atomic mass is 10.2. The van der Waals surface area contributed by atoms with E-state index in [0.29, 0.717) is 29.0 Å². The van der Waals surface area contributed by atoms with E-state index in [-0.39, 0.29) is 6.42 Å². The molecule has 0 spiro atoms. The molecule has 126 valence electrons. The molecule has 1 N–H and O–H groups in total. The summed E-state index contributed by atoms with van der Waals surface area (Å²) in [5.41, 5.74) is 2.55. The minimum absolute atomic E-state index is 0.0814. The smallest absolute Gasteiger partial charge is 0.311 e. The topological polar surface area (TPSA) is 59.7 Å². The summed E-state index contributed by atoms with van der Waals surface area (Å²) in [5, 5.41) is 8.86. The molecule has 0 aliphatic heterocycles. The van der Waals surface area contributed by atoms with E-state index in [1.165, 1.54) is 0 Å². The van der Waals surface area contributed by atoms with Gasteiger partial charge in [0.15, 0.2) is 0 Å². The highest BCUT2D eigenvalue weighted by molar-refractivity contribution is 6.77. The summed E-state index contributed by atoms with van der Waals surface area (Å²) in [5.74, 6) is 0.376. The molecule has 1 rings (SSSR count). The number of rotatable bonds is 8. The second kappa shape index (κ2) is 7.46. The van der Waals surface area contributed by atoms with Crippen LogP contribution in [0.4, 0.5) is 0 Å². The normalized spacial score (nSPS) is 12.6. The Bertz CT molecular complexity index is 481. The van der Waals surface area contributed by atoms with Gasteiger partial charge in [-0.15, -0.1) is 0 Å². The third-order valence-electron chi connectivity index (χ3n) is 4.58. The van der Waals surface area contributed by atoms with Crippen LogP contribution >= 0.6 is 0 Å². The lowest BCUT2D eigenvalue weighted by Crippen LogP contribution is -2.47.